The van der Waals surface area contributed by atoms with Gasteiger partial charge in [0.15, 0.2) is 0 Å². The summed E-state index contributed by atoms with van der Waals surface area (Å²) in [6.07, 6.45) is 1.00. The standard InChI is InChI=1S/C13H16N2O2S2/c1-9(6-11-4-3-5-18-11)15(2)7-10-8-19-12(14-10)13(16)17/h3-5,8-9H,6-7H2,1-2H3,(H,16,17). The molecule has 0 spiro atoms. The zero-order valence-electron chi connectivity index (χ0n) is 10.9. The maximum Gasteiger partial charge on any atom is 0.365 e. The smallest absolute Gasteiger partial charge is 0.365 e. The van der Waals surface area contributed by atoms with Gasteiger partial charge in [-0.25, -0.2) is 9.78 Å². The molecule has 102 valence electrons. The van der Waals surface area contributed by atoms with Crippen molar-refractivity contribution in [3.63, 3.8) is 0 Å². The van der Waals surface area contributed by atoms with Crippen LogP contribution in [0.2, 0.25) is 0 Å². The largest absolute Gasteiger partial charge is 0.476 e. The monoisotopic (exact) mass is 296 g/mol. The fourth-order valence-corrected chi connectivity index (χ4v) is 3.24. The van der Waals surface area contributed by atoms with E-state index >= 15 is 0 Å². The Morgan fingerprint density at radius 1 is 1.53 bits per heavy atom. The highest BCUT2D eigenvalue weighted by atomic mass is 32.1. The first-order chi connectivity index (χ1) is 9.06. The van der Waals surface area contributed by atoms with Crippen molar-refractivity contribution >= 4 is 28.6 Å². The average Bonchev–Trinajstić information content (AvgIpc) is 2.99. The number of nitrogens with zero attached hydrogens (tertiary/aromatic N) is 2. The lowest BCUT2D eigenvalue weighted by molar-refractivity contribution is 0.0696. The third kappa shape index (κ3) is 3.86. The molecule has 6 heteroatoms. The molecule has 0 aliphatic heterocycles. The zero-order chi connectivity index (χ0) is 13.8. The molecule has 19 heavy (non-hydrogen) atoms. The molecular formula is C13H16N2O2S2. The van der Waals surface area contributed by atoms with Gasteiger partial charge in [0.1, 0.15) is 0 Å². The number of likely N-dealkylation sites (N-methyl/N-ethyl adjacent to an activating group) is 1. The van der Waals surface area contributed by atoms with Crippen molar-refractivity contribution in [2.75, 3.05) is 7.05 Å². The van der Waals surface area contributed by atoms with Gasteiger partial charge in [0.25, 0.3) is 0 Å². The number of carbonyl (C=O) groups is 1. The molecular weight excluding hydrogens is 280 g/mol. The highest BCUT2D eigenvalue weighted by molar-refractivity contribution is 7.11. The molecule has 0 aliphatic carbocycles. The van der Waals surface area contributed by atoms with Crippen LogP contribution in [0.4, 0.5) is 0 Å². The number of rotatable bonds is 6. The van der Waals surface area contributed by atoms with Gasteiger partial charge in [0.2, 0.25) is 5.01 Å². The molecule has 0 fully saturated rings. The quantitative estimate of drug-likeness (QED) is 0.890. The number of thiazole rings is 1. The maximum atomic E-state index is 10.8. The van der Waals surface area contributed by atoms with Crippen molar-refractivity contribution in [2.24, 2.45) is 0 Å². The minimum absolute atomic E-state index is 0.161. The van der Waals surface area contributed by atoms with E-state index in [1.165, 1.54) is 16.2 Å². The third-order valence-electron chi connectivity index (χ3n) is 2.98. The second-order valence-corrected chi connectivity index (χ2v) is 6.39. The van der Waals surface area contributed by atoms with E-state index in [9.17, 15) is 4.79 Å². The number of hydrogen-bond donors (Lipinski definition) is 1. The van der Waals surface area contributed by atoms with Crippen molar-refractivity contribution in [1.29, 1.82) is 0 Å². The molecule has 0 radical (unpaired) electrons. The number of aromatic nitrogens is 1. The summed E-state index contributed by atoms with van der Waals surface area (Å²) in [5.41, 5.74) is 0.822. The van der Waals surface area contributed by atoms with Gasteiger partial charge >= 0.3 is 5.97 Å². The Morgan fingerprint density at radius 3 is 2.89 bits per heavy atom. The Hall–Kier alpha value is -1.24. The summed E-state index contributed by atoms with van der Waals surface area (Å²) in [6.45, 7) is 2.85. The molecule has 4 nitrogen and oxygen atoms in total. The van der Waals surface area contributed by atoms with Crippen LogP contribution in [0.25, 0.3) is 0 Å². The second kappa shape index (κ2) is 6.27. The molecule has 2 heterocycles. The van der Waals surface area contributed by atoms with Crippen molar-refractivity contribution < 1.29 is 9.90 Å². The highest BCUT2D eigenvalue weighted by Crippen LogP contribution is 2.16. The topological polar surface area (TPSA) is 53.4 Å². The number of thiophene rings is 1. The van der Waals surface area contributed by atoms with Crippen LogP contribution in [0.1, 0.15) is 27.3 Å². The Kier molecular flexibility index (Phi) is 4.68. The van der Waals surface area contributed by atoms with Gasteiger partial charge in [-0.1, -0.05) is 6.07 Å². The van der Waals surface area contributed by atoms with E-state index in [-0.39, 0.29) is 5.01 Å². The predicted molar refractivity (Wildman–Crippen MR) is 78.0 cm³/mol. The molecule has 0 saturated heterocycles. The first kappa shape index (κ1) is 14.2. The van der Waals surface area contributed by atoms with Crippen molar-refractivity contribution in [3.05, 3.63) is 38.5 Å². The SMILES string of the molecule is CC(Cc1cccs1)N(C)Cc1csc(C(=O)O)n1. The van der Waals surface area contributed by atoms with Crippen LogP contribution in [-0.2, 0) is 13.0 Å². The van der Waals surface area contributed by atoms with Crippen molar-refractivity contribution in [2.45, 2.75) is 25.9 Å². The Balaban J connectivity index is 1.92. The molecule has 1 atom stereocenters. The summed E-state index contributed by atoms with van der Waals surface area (Å²) in [7, 11) is 2.04. The Morgan fingerprint density at radius 2 is 2.32 bits per heavy atom. The minimum Gasteiger partial charge on any atom is -0.476 e. The molecule has 0 bridgehead atoms. The lowest BCUT2D eigenvalue weighted by Gasteiger charge is -2.23. The molecule has 0 saturated carbocycles. The first-order valence-electron chi connectivity index (χ1n) is 5.96. The van der Waals surface area contributed by atoms with Crippen LogP contribution in [0.5, 0.6) is 0 Å². The molecule has 2 aromatic rings. The van der Waals surface area contributed by atoms with Crippen LogP contribution in [0.15, 0.2) is 22.9 Å². The highest BCUT2D eigenvalue weighted by Gasteiger charge is 2.14. The number of hydrogen-bond acceptors (Lipinski definition) is 5. The van der Waals surface area contributed by atoms with Gasteiger partial charge in [0, 0.05) is 22.8 Å². The van der Waals surface area contributed by atoms with Crippen LogP contribution < -0.4 is 0 Å². The molecule has 2 aromatic heterocycles. The van der Waals surface area contributed by atoms with E-state index in [0.717, 1.165) is 12.1 Å². The van der Waals surface area contributed by atoms with Crippen LogP contribution >= 0.6 is 22.7 Å². The average molecular weight is 296 g/mol. The van der Waals surface area contributed by atoms with Gasteiger partial charge in [-0.05, 0) is 31.8 Å². The van der Waals surface area contributed by atoms with Gasteiger partial charge in [-0.15, -0.1) is 22.7 Å². The van der Waals surface area contributed by atoms with Crippen LogP contribution in [-0.4, -0.2) is 34.0 Å². The molecule has 2 rings (SSSR count). The fraction of sp³-hybridized carbons (Fsp3) is 0.385. The lowest BCUT2D eigenvalue weighted by Crippen LogP contribution is -2.30. The predicted octanol–water partition coefficient (Wildman–Crippen LogP) is 2.97. The number of carboxylic acids is 1. The summed E-state index contributed by atoms with van der Waals surface area (Å²) < 4.78 is 0. The third-order valence-corrected chi connectivity index (χ3v) is 4.75. The Bertz CT molecular complexity index is 537. The zero-order valence-corrected chi connectivity index (χ0v) is 12.5. The fourth-order valence-electron chi connectivity index (χ4n) is 1.76. The first-order valence-corrected chi connectivity index (χ1v) is 7.72. The van der Waals surface area contributed by atoms with E-state index < -0.39 is 5.97 Å². The maximum absolute atomic E-state index is 10.8. The minimum atomic E-state index is -0.953. The Labute approximate surface area is 120 Å². The van der Waals surface area contributed by atoms with Gasteiger partial charge in [0.05, 0.1) is 5.69 Å². The molecule has 0 amide bonds. The second-order valence-electron chi connectivity index (χ2n) is 4.50. The summed E-state index contributed by atoms with van der Waals surface area (Å²) in [6, 6.07) is 4.60. The number of carboxylic acid groups (broad SMARTS) is 1. The molecule has 0 aliphatic rings. The van der Waals surface area contributed by atoms with Gasteiger partial charge in [-0.3, -0.25) is 4.90 Å². The van der Waals surface area contributed by atoms with E-state index in [1.807, 2.05) is 12.4 Å². The summed E-state index contributed by atoms with van der Waals surface area (Å²) in [5, 5.41) is 12.9. The van der Waals surface area contributed by atoms with Gasteiger partial charge in [-0.2, -0.15) is 0 Å². The molecule has 1 N–H and O–H groups in total. The van der Waals surface area contributed by atoms with Crippen molar-refractivity contribution in [3.8, 4) is 0 Å². The molecule has 1 unspecified atom stereocenters. The van der Waals surface area contributed by atoms with E-state index in [2.05, 4.69) is 34.3 Å². The van der Waals surface area contributed by atoms with Crippen LogP contribution in [0, 0.1) is 0 Å². The van der Waals surface area contributed by atoms with Crippen LogP contribution in [0.3, 0.4) is 0 Å². The van der Waals surface area contributed by atoms with E-state index in [4.69, 9.17) is 5.11 Å². The molecule has 0 aromatic carbocycles. The van der Waals surface area contributed by atoms with E-state index in [1.54, 1.807) is 11.3 Å². The number of aromatic carboxylic acids is 1. The normalized spacial score (nSPS) is 12.8. The lowest BCUT2D eigenvalue weighted by atomic mass is 10.2. The van der Waals surface area contributed by atoms with Gasteiger partial charge < -0.3 is 5.11 Å². The summed E-state index contributed by atoms with van der Waals surface area (Å²) >= 11 is 2.95. The summed E-state index contributed by atoms with van der Waals surface area (Å²) in [5.74, 6) is -0.953. The van der Waals surface area contributed by atoms with Crippen molar-refractivity contribution in [1.82, 2.24) is 9.88 Å². The summed E-state index contributed by atoms with van der Waals surface area (Å²) in [4.78, 5) is 18.4. The van der Waals surface area contributed by atoms with E-state index in [0.29, 0.717) is 12.6 Å².